The summed E-state index contributed by atoms with van der Waals surface area (Å²) < 4.78 is 19.6. The molecule has 24 heavy (non-hydrogen) atoms. The van der Waals surface area contributed by atoms with Crippen LogP contribution in [0, 0.1) is 15.9 Å². The molecule has 3 aromatic rings. The number of aromatic nitrogens is 2. The third-order valence-corrected chi connectivity index (χ3v) is 3.29. The van der Waals surface area contributed by atoms with E-state index in [4.69, 9.17) is 4.74 Å². The zero-order valence-electron chi connectivity index (χ0n) is 12.4. The average molecular weight is 330 g/mol. The van der Waals surface area contributed by atoms with Gasteiger partial charge in [0.25, 0.3) is 11.6 Å². The zero-order chi connectivity index (χ0) is 17.3. The van der Waals surface area contributed by atoms with E-state index in [9.17, 15) is 19.3 Å². The van der Waals surface area contributed by atoms with Gasteiger partial charge in [-0.05, 0) is 18.2 Å². The molecule has 2 aromatic heterocycles. The molecule has 0 spiro atoms. The number of hydrogen-bond donors (Lipinski definition) is 1. The Hall–Kier alpha value is -3.49. The predicted octanol–water partition coefficient (Wildman–Crippen LogP) is 2.64. The first kappa shape index (κ1) is 15.4. The van der Waals surface area contributed by atoms with E-state index in [0.717, 1.165) is 0 Å². The molecule has 0 atom stereocenters. The van der Waals surface area contributed by atoms with Crippen molar-refractivity contribution in [3.8, 4) is 5.75 Å². The van der Waals surface area contributed by atoms with Crippen molar-refractivity contribution >= 4 is 22.9 Å². The van der Waals surface area contributed by atoms with Gasteiger partial charge in [-0.25, -0.2) is 9.37 Å². The summed E-state index contributed by atoms with van der Waals surface area (Å²) in [5, 5.41) is 13.4. The van der Waals surface area contributed by atoms with Crippen molar-refractivity contribution in [3.05, 3.63) is 64.4 Å². The molecule has 3 rings (SSSR count). The van der Waals surface area contributed by atoms with E-state index >= 15 is 0 Å². The van der Waals surface area contributed by atoms with Crippen LogP contribution in [-0.4, -0.2) is 27.3 Å². The van der Waals surface area contributed by atoms with Crippen LogP contribution in [0.4, 0.5) is 15.8 Å². The van der Waals surface area contributed by atoms with Gasteiger partial charge >= 0.3 is 0 Å². The molecule has 0 fully saturated rings. The van der Waals surface area contributed by atoms with Crippen molar-refractivity contribution in [1.82, 2.24) is 9.38 Å². The van der Waals surface area contributed by atoms with E-state index < -0.39 is 16.6 Å². The molecule has 8 nitrogen and oxygen atoms in total. The molecule has 9 heteroatoms. The summed E-state index contributed by atoms with van der Waals surface area (Å²) in [4.78, 5) is 26.7. The van der Waals surface area contributed by atoms with Gasteiger partial charge in [0, 0.05) is 24.5 Å². The maximum atomic E-state index is 13.2. The zero-order valence-corrected chi connectivity index (χ0v) is 12.4. The van der Waals surface area contributed by atoms with Gasteiger partial charge in [0.15, 0.2) is 0 Å². The summed E-state index contributed by atoms with van der Waals surface area (Å²) >= 11 is 0. The molecule has 0 bridgehead atoms. The van der Waals surface area contributed by atoms with Crippen LogP contribution < -0.4 is 10.1 Å². The van der Waals surface area contributed by atoms with Crippen molar-refractivity contribution in [2.24, 2.45) is 0 Å². The summed E-state index contributed by atoms with van der Waals surface area (Å²) in [6.07, 6.45) is 2.55. The number of hydrogen-bond acceptors (Lipinski definition) is 5. The molecule has 0 radical (unpaired) electrons. The van der Waals surface area contributed by atoms with Crippen LogP contribution in [0.3, 0.4) is 0 Å². The fraction of sp³-hybridized carbons (Fsp3) is 0.0667. The maximum absolute atomic E-state index is 13.2. The van der Waals surface area contributed by atoms with Crippen LogP contribution in [0.2, 0.25) is 0 Å². The number of anilines is 1. The highest BCUT2D eigenvalue weighted by Gasteiger charge is 2.16. The first-order valence-electron chi connectivity index (χ1n) is 6.76. The Morgan fingerprint density at radius 2 is 2.12 bits per heavy atom. The standard InChI is InChI=1S/C15H11FN4O4/c1-24-13-4-3-10(20(22)23)6-11(13)18-15(21)12-8-19-7-9(16)2-5-14(19)17-12/h2-8H,1H3,(H,18,21). The van der Waals surface area contributed by atoms with Gasteiger partial charge in [-0.2, -0.15) is 0 Å². The van der Waals surface area contributed by atoms with Crippen molar-refractivity contribution in [3.63, 3.8) is 0 Å². The number of methoxy groups -OCH3 is 1. The van der Waals surface area contributed by atoms with Crippen LogP contribution in [0.15, 0.2) is 42.7 Å². The van der Waals surface area contributed by atoms with Gasteiger partial charge in [-0.15, -0.1) is 0 Å². The molecular weight excluding hydrogens is 319 g/mol. The Morgan fingerprint density at radius 1 is 1.33 bits per heavy atom. The minimum absolute atomic E-state index is 0.0363. The lowest BCUT2D eigenvalue weighted by molar-refractivity contribution is -0.384. The average Bonchev–Trinajstić information content (AvgIpc) is 2.97. The first-order chi connectivity index (χ1) is 11.5. The lowest BCUT2D eigenvalue weighted by Gasteiger charge is -2.08. The number of amides is 1. The third kappa shape index (κ3) is 2.86. The molecule has 1 N–H and O–H groups in total. The highest BCUT2D eigenvalue weighted by molar-refractivity contribution is 6.04. The van der Waals surface area contributed by atoms with E-state index in [1.54, 1.807) is 0 Å². The van der Waals surface area contributed by atoms with Gasteiger partial charge in [-0.3, -0.25) is 14.9 Å². The molecule has 0 unspecified atom stereocenters. The monoisotopic (exact) mass is 330 g/mol. The third-order valence-electron chi connectivity index (χ3n) is 3.29. The molecule has 0 saturated heterocycles. The van der Waals surface area contributed by atoms with Gasteiger partial charge in [0.1, 0.15) is 22.9 Å². The lowest BCUT2D eigenvalue weighted by atomic mass is 10.2. The largest absolute Gasteiger partial charge is 0.495 e. The molecular formula is C15H11FN4O4. The van der Waals surface area contributed by atoms with Crippen molar-refractivity contribution < 1.29 is 18.8 Å². The van der Waals surface area contributed by atoms with E-state index in [2.05, 4.69) is 10.3 Å². The van der Waals surface area contributed by atoms with Crippen molar-refractivity contribution in [1.29, 1.82) is 0 Å². The number of benzene rings is 1. The number of fused-ring (bicyclic) bond motifs is 1. The van der Waals surface area contributed by atoms with Crippen LogP contribution >= 0.6 is 0 Å². The summed E-state index contributed by atoms with van der Waals surface area (Å²) in [6.45, 7) is 0. The van der Waals surface area contributed by atoms with Crippen LogP contribution in [0.25, 0.3) is 5.65 Å². The number of nitro groups is 1. The molecule has 0 aliphatic carbocycles. The number of nitrogens with one attached hydrogen (secondary N) is 1. The normalized spacial score (nSPS) is 10.6. The summed E-state index contributed by atoms with van der Waals surface area (Å²) in [5.41, 5.74) is 0.379. The summed E-state index contributed by atoms with van der Waals surface area (Å²) in [7, 11) is 1.38. The number of ether oxygens (including phenoxy) is 1. The van der Waals surface area contributed by atoms with Gasteiger partial charge < -0.3 is 14.5 Å². The van der Waals surface area contributed by atoms with E-state index in [0.29, 0.717) is 5.65 Å². The Labute approximate surface area is 134 Å². The minimum Gasteiger partial charge on any atom is -0.495 e. The molecule has 122 valence electrons. The lowest BCUT2D eigenvalue weighted by Crippen LogP contribution is -2.13. The highest BCUT2D eigenvalue weighted by atomic mass is 19.1. The minimum atomic E-state index is -0.599. The number of halogens is 1. The quantitative estimate of drug-likeness (QED) is 0.585. The van der Waals surface area contributed by atoms with Crippen LogP contribution in [-0.2, 0) is 0 Å². The number of non-ortho nitro benzene ring substituents is 1. The van der Waals surface area contributed by atoms with Gasteiger partial charge in [0.05, 0.1) is 17.7 Å². The number of pyridine rings is 1. The number of imidazole rings is 1. The number of nitro benzene ring substituents is 1. The maximum Gasteiger partial charge on any atom is 0.275 e. The van der Waals surface area contributed by atoms with Crippen LogP contribution in [0.5, 0.6) is 5.75 Å². The Morgan fingerprint density at radius 3 is 2.83 bits per heavy atom. The second kappa shape index (κ2) is 5.95. The summed E-state index contributed by atoms with van der Waals surface area (Å²) in [5.74, 6) is -0.797. The van der Waals surface area contributed by atoms with Gasteiger partial charge in [0.2, 0.25) is 0 Å². The molecule has 2 heterocycles. The van der Waals surface area contributed by atoms with Gasteiger partial charge in [-0.1, -0.05) is 0 Å². The first-order valence-corrected chi connectivity index (χ1v) is 6.76. The SMILES string of the molecule is COc1ccc([N+](=O)[O-])cc1NC(=O)c1cn2cc(F)ccc2n1. The number of carbonyl (C=O) groups excluding carboxylic acids is 1. The van der Waals surface area contributed by atoms with Crippen molar-refractivity contribution in [2.75, 3.05) is 12.4 Å². The Kier molecular flexibility index (Phi) is 3.82. The van der Waals surface area contributed by atoms with E-state index in [1.807, 2.05) is 0 Å². The van der Waals surface area contributed by atoms with Crippen LogP contribution in [0.1, 0.15) is 10.5 Å². The van der Waals surface area contributed by atoms with E-state index in [-0.39, 0.29) is 22.8 Å². The van der Waals surface area contributed by atoms with E-state index in [1.165, 1.54) is 54.2 Å². The number of rotatable bonds is 4. The smallest absolute Gasteiger partial charge is 0.275 e. The molecule has 1 amide bonds. The molecule has 0 aliphatic heterocycles. The number of nitrogens with zero attached hydrogens (tertiary/aromatic N) is 3. The predicted molar refractivity (Wildman–Crippen MR) is 82.8 cm³/mol. The Balaban J connectivity index is 1.93. The van der Waals surface area contributed by atoms with Crippen molar-refractivity contribution in [2.45, 2.75) is 0 Å². The molecule has 0 saturated carbocycles. The Bertz CT molecular complexity index is 954. The highest BCUT2D eigenvalue weighted by Crippen LogP contribution is 2.29. The fourth-order valence-corrected chi connectivity index (χ4v) is 2.17. The fourth-order valence-electron chi connectivity index (χ4n) is 2.17. The topological polar surface area (TPSA) is 98.8 Å². The second-order valence-electron chi connectivity index (χ2n) is 4.83. The number of carbonyl (C=O) groups is 1. The summed E-state index contributed by atoms with van der Waals surface area (Å²) in [6, 6.07) is 6.49. The molecule has 0 aliphatic rings. The molecule has 1 aromatic carbocycles. The second-order valence-corrected chi connectivity index (χ2v) is 4.83.